The summed E-state index contributed by atoms with van der Waals surface area (Å²) in [7, 11) is 0. The molecule has 0 saturated carbocycles. The molecule has 1 fully saturated rings. The van der Waals surface area contributed by atoms with E-state index >= 15 is 0 Å². The van der Waals surface area contributed by atoms with Gasteiger partial charge in [0.2, 0.25) is 0 Å². The van der Waals surface area contributed by atoms with Crippen LogP contribution in [0.2, 0.25) is 0 Å². The fourth-order valence-electron chi connectivity index (χ4n) is 4.19. The first-order valence-corrected chi connectivity index (χ1v) is 10.5. The summed E-state index contributed by atoms with van der Waals surface area (Å²) in [6, 6.07) is 10.8. The first kappa shape index (κ1) is 21.5. The van der Waals surface area contributed by atoms with Gasteiger partial charge in [-0.05, 0) is 50.6 Å². The zero-order valence-corrected chi connectivity index (χ0v) is 18.3. The van der Waals surface area contributed by atoms with Crippen LogP contribution in [0.25, 0.3) is 10.2 Å². The molecular weight excluding hydrogens is 413 g/mol. The maximum Gasteiger partial charge on any atom is 0.0982 e. The van der Waals surface area contributed by atoms with Gasteiger partial charge in [-0.3, -0.25) is 9.58 Å². The molecule has 5 nitrogen and oxygen atoms in total. The van der Waals surface area contributed by atoms with E-state index < -0.39 is 0 Å². The van der Waals surface area contributed by atoms with Gasteiger partial charge in [0, 0.05) is 32.1 Å². The Hall–Kier alpha value is -1.18. The minimum atomic E-state index is 0. The molecule has 2 aliphatic heterocycles. The van der Waals surface area contributed by atoms with Crippen LogP contribution in [-0.2, 0) is 19.6 Å². The molecule has 0 bridgehead atoms. The topological polar surface area (TPSA) is 46.0 Å². The molecule has 0 radical (unpaired) electrons. The second-order valence-electron chi connectivity index (χ2n) is 7.47. The number of nitrogens with zero attached hydrogens (tertiary/aromatic N) is 4. The first-order chi connectivity index (χ1) is 12.8. The van der Waals surface area contributed by atoms with Gasteiger partial charge in [0.05, 0.1) is 26.6 Å². The van der Waals surface area contributed by atoms with Crippen molar-refractivity contribution in [2.75, 3.05) is 19.6 Å². The predicted molar refractivity (Wildman–Crippen MR) is 120 cm³/mol. The summed E-state index contributed by atoms with van der Waals surface area (Å²) in [5, 5.41) is 9.65. The number of aryl methyl sites for hydroxylation is 1. The highest BCUT2D eigenvalue weighted by Crippen LogP contribution is 2.33. The van der Waals surface area contributed by atoms with Gasteiger partial charge < -0.3 is 5.32 Å². The molecule has 1 unspecified atom stereocenters. The number of hydrogen-bond donors (Lipinski definition) is 1. The van der Waals surface area contributed by atoms with Crippen molar-refractivity contribution < 1.29 is 0 Å². The van der Waals surface area contributed by atoms with Crippen LogP contribution < -0.4 is 5.32 Å². The average Bonchev–Trinajstić information content (AvgIpc) is 3.20. The Morgan fingerprint density at radius 1 is 1.14 bits per heavy atom. The van der Waals surface area contributed by atoms with Crippen molar-refractivity contribution in [3.63, 3.8) is 0 Å². The van der Waals surface area contributed by atoms with Crippen LogP contribution in [0, 0.1) is 0 Å². The molecule has 1 atom stereocenters. The van der Waals surface area contributed by atoms with Crippen LogP contribution in [0.15, 0.2) is 30.3 Å². The summed E-state index contributed by atoms with van der Waals surface area (Å²) in [5.41, 5.74) is 3.70. The van der Waals surface area contributed by atoms with Gasteiger partial charge in [0.1, 0.15) is 0 Å². The molecule has 1 saturated heterocycles. The molecule has 2 aliphatic rings. The van der Waals surface area contributed by atoms with Crippen LogP contribution in [0.4, 0.5) is 0 Å². The summed E-state index contributed by atoms with van der Waals surface area (Å²) in [4.78, 5) is 7.47. The van der Waals surface area contributed by atoms with Gasteiger partial charge in [-0.2, -0.15) is 5.10 Å². The van der Waals surface area contributed by atoms with E-state index in [-0.39, 0.29) is 24.8 Å². The Bertz CT molecular complexity index is 853. The Kier molecular flexibility index (Phi) is 7.34. The molecule has 4 heterocycles. The number of benzene rings is 1. The van der Waals surface area contributed by atoms with Crippen LogP contribution in [0.1, 0.15) is 41.6 Å². The Labute approximate surface area is 182 Å². The third-order valence-corrected chi connectivity index (χ3v) is 6.69. The predicted octanol–water partition coefficient (Wildman–Crippen LogP) is 4.21. The normalized spacial score (nSPS) is 20.1. The van der Waals surface area contributed by atoms with Gasteiger partial charge in [0.15, 0.2) is 0 Å². The lowest BCUT2D eigenvalue weighted by atomic mass is 9.98. The number of aromatic nitrogens is 3. The van der Waals surface area contributed by atoms with Crippen molar-refractivity contribution >= 4 is 46.4 Å². The number of halogens is 2. The second kappa shape index (κ2) is 9.55. The van der Waals surface area contributed by atoms with Gasteiger partial charge in [-0.25, -0.2) is 4.98 Å². The van der Waals surface area contributed by atoms with Crippen LogP contribution in [0.5, 0.6) is 0 Å². The number of rotatable bonds is 3. The van der Waals surface area contributed by atoms with Gasteiger partial charge in [-0.15, -0.1) is 36.2 Å². The molecule has 2 aromatic heterocycles. The van der Waals surface area contributed by atoms with E-state index in [9.17, 15) is 0 Å². The lowest BCUT2D eigenvalue weighted by Crippen LogP contribution is -2.34. The largest absolute Gasteiger partial charge is 0.311 e. The van der Waals surface area contributed by atoms with E-state index in [1.54, 1.807) is 0 Å². The zero-order valence-electron chi connectivity index (χ0n) is 15.8. The van der Waals surface area contributed by atoms with Crippen molar-refractivity contribution in [1.82, 2.24) is 25.0 Å². The van der Waals surface area contributed by atoms with E-state index in [0.29, 0.717) is 5.92 Å². The minimum absolute atomic E-state index is 0. The van der Waals surface area contributed by atoms with Gasteiger partial charge in [0.25, 0.3) is 0 Å². The SMILES string of the molecule is Cl.Cl.c1ccc2sc(C3CCCN(Cc4cc5n(n4)CCCNC5)C3)nc2c1. The van der Waals surface area contributed by atoms with E-state index in [1.807, 2.05) is 11.3 Å². The number of fused-ring (bicyclic) bond motifs is 2. The zero-order chi connectivity index (χ0) is 17.3. The molecule has 0 aliphatic carbocycles. The number of likely N-dealkylation sites (tertiary alicyclic amines) is 1. The van der Waals surface area contributed by atoms with Crippen molar-refractivity contribution in [3.8, 4) is 0 Å². The highest BCUT2D eigenvalue weighted by Gasteiger charge is 2.25. The van der Waals surface area contributed by atoms with Gasteiger partial charge >= 0.3 is 0 Å². The van der Waals surface area contributed by atoms with Crippen molar-refractivity contribution in [2.24, 2.45) is 0 Å². The number of piperidine rings is 1. The van der Waals surface area contributed by atoms with E-state index in [0.717, 1.165) is 44.7 Å². The maximum absolute atomic E-state index is 4.91. The number of nitrogens with one attached hydrogen (secondary N) is 1. The summed E-state index contributed by atoms with van der Waals surface area (Å²) in [6.45, 7) is 6.30. The molecule has 1 N–H and O–H groups in total. The number of para-hydroxylation sites is 1. The molecular formula is C20H27Cl2N5S. The summed E-state index contributed by atoms with van der Waals surface area (Å²) >= 11 is 1.87. The third kappa shape index (κ3) is 4.52. The second-order valence-corrected chi connectivity index (χ2v) is 8.54. The molecule has 8 heteroatoms. The van der Waals surface area contributed by atoms with Crippen molar-refractivity contribution in [1.29, 1.82) is 0 Å². The molecule has 3 aromatic rings. The molecule has 5 rings (SSSR count). The van der Waals surface area contributed by atoms with Crippen LogP contribution in [-0.4, -0.2) is 39.3 Å². The Balaban J connectivity index is 0.00000112. The van der Waals surface area contributed by atoms with Gasteiger partial charge in [-0.1, -0.05) is 12.1 Å². The third-order valence-electron chi connectivity index (χ3n) is 5.49. The average molecular weight is 440 g/mol. The van der Waals surface area contributed by atoms with E-state index in [4.69, 9.17) is 10.1 Å². The Morgan fingerprint density at radius 2 is 2.04 bits per heavy atom. The first-order valence-electron chi connectivity index (χ1n) is 9.69. The quantitative estimate of drug-likeness (QED) is 0.663. The lowest BCUT2D eigenvalue weighted by molar-refractivity contribution is 0.197. The fraction of sp³-hybridized carbons (Fsp3) is 0.500. The van der Waals surface area contributed by atoms with E-state index in [1.165, 1.54) is 40.5 Å². The molecule has 28 heavy (non-hydrogen) atoms. The molecule has 152 valence electrons. The summed E-state index contributed by atoms with van der Waals surface area (Å²) < 4.78 is 3.51. The highest BCUT2D eigenvalue weighted by atomic mass is 35.5. The molecule has 0 amide bonds. The van der Waals surface area contributed by atoms with Crippen LogP contribution in [0.3, 0.4) is 0 Å². The van der Waals surface area contributed by atoms with Crippen molar-refractivity contribution in [3.05, 3.63) is 46.7 Å². The fourth-order valence-corrected chi connectivity index (χ4v) is 5.29. The number of thiazole rings is 1. The number of hydrogen-bond acceptors (Lipinski definition) is 5. The van der Waals surface area contributed by atoms with Crippen LogP contribution >= 0.6 is 36.2 Å². The molecule has 1 aromatic carbocycles. The van der Waals surface area contributed by atoms with E-state index in [2.05, 4.69) is 45.2 Å². The minimum Gasteiger partial charge on any atom is -0.311 e. The smallest absolute Gasteiger partial charge is 0.0982 e. The summed E-state index contributed by atoms with van der Waals surface area (Å²) in [6.07, 6.45) is 3.66. The maximum atomic E-state index is 4.91. The monoisotopic (exact) mass is 439 g/mol. The Morgan fingerprint density at radius 3 is 2.93 bits per heavy atom. The van der Waals surface area contributed by atoms with Crippen molar-refractivity contribution in [2.45, 2.75) is 44.8 Å². The standard InChI is InChI=1S/C20H25N5S.2ClH/c1-2-7-19-18(6-1)22-20(26-19)15-5-3-9-24(13-15)14-16-11-17-12-21-8-4-10-25(17)23-16;;/h1-2,6-7,11,15,21H,3-5,8-10,12-14H2;2*1H. The lowest BCUT2D eigenvalue weighted by Gasteiger charge is -2.31. The summed E-state index contributed by atoms with van der Waals surface area (Å²) in [5.74, 6) is 0.559. The molecule has 0 spiro atoms. The highest BCUT2D eigenvalue weighted by molar-refractivity contribution is 7.18.